The summed E-state index contributed by atoms with van der Waals surface area (Å²) in [5.41, 5.74) is -0.0944. The van der Waals surface area contributed by atoms with Crippen LogP contribution in [0.3, 0.4) is 0 Å². The molecule has 0 bridgehead atoms. The summed E-state index contributed by atoms with van der Waals surface area (Å²) in [4.78, 5) is 3.96. The molecule has 89 valence electrons. The predicted octanol–water partition coefficient (Wildman–Crippen LogP) is 3.44. The van der Waals surface area contributed by atoms with Crippen LogP contribution in [-0.2, 0) is 20.1 Å². The molecular formula is C15H9IrN2-. The summed E-state index contributed by atoms with van der Waals surface area (Å²) in [6.45, 7) is 0. The molecule has 0 fully saturated rings. The predicted molar refractivity (Wildman–Crippen MR) is 69.0 cm³/mol. The van der Waals surface area contributed by atoms with E-state index in [1.54, 1.807) is 0 Å². The van der Waals surface area contributed by atoms with Gasteiger partial charge in [0.1, 0.15) is 0 Å². The van der Waals surface area contributed by atoms with Gasteiger partial charge in [-0.3, -0.25) is 4.98 Å². The van der Waals surface area contributed by atoms with Crippen LogP contribution in [-0.4, -0.2) is 9.38 Å². The molecule has 0 saturated heterocycles. The summed E-state index contributed by atoms with van der Waals surface area (Å²) in [5.74, 6) is 0. The van der Waals surface area contributed by atoms with Crippen molar-refractivity contribution in [3.05, 3.63) is 60.7 Å². The molecule has 0 amide bonds. The van der Waals surface area contributed by atoms with Crippen LogP contribution in [0.5, 0.6) is 0 Å². The third kappa shape index (κ3) is 1.41. The molecule has 4 aromatic rings. The molecule has 4 rings (SSSR count). The Balaban J connectivity index is 0.00000210. The minimum atomic E-state index is -0.513. The summed E-state index contributed by atoms with van der Waals surface area (Å²) >= 11 is 0. The average Bonchev–Trinajstić information content (AvgIpc) is 2.90. The van der Waals surface area contributed by atoms with Crippen LogP contribution < -0.4 is 0 Å². The molecule has 0 aliphatic carbocycles. The van der Waals surface area contributed by atoms with Gasteiger partial charge < -0.3 is 4.40 Å². The van der Waals surface area contributed by atoms with Crippen LogP contribution in [0, 0.1) is 6.07 Å². The molecule has 2 aromatic carbocycles. The van der Waals surface area contributed by atoms with Crippen molar-refractivity contribution in [1.82, 2.24) is 9.38 Å². The first kappa shape index (κ1) is 5.12. The van der Waals surface area contributed by atoms with Gasteiger partial charge in [-0.2, -0.15) is 0 Å². The second-order valence-electron chi connectivity index (χ2n) is 3.47. The minimum absolute atomic E-state index is 0. The fourth-order valence-electron chi connectivity index (χ4n) is 1.88. The molecule has 2 aromatic heterocycles. The molecule has 1 radical (unpaired) electrons. The Kier molecular flexibility index (Phi) is 1.19. The molecule has 3 heteroatoms. The largest absolute Gasteiger partial charge is 0.340 e. The van der Waals surface area contributed by atoms with Crippen LogP contribution in [0.4, 0.5) is 0 Å². The number of hydrogen-bond acceptors (Lipinski definition) is 1. The number of hydrogen-bond donors (Lipinski definition) is 0. The number of imidazole rings is 1. The van der Waals surface area contributed by atoms with Gasteiger partial charge in [-0.05, 0) is 12.8 Å². The van der Waals surface area contributed by atoms with Gasteiger partial charge in [0.25, 0.3) is 0 Å². The van der Waals surface area contributed by atoms with E-state index in [2.05, 4.69) is 11.1 Å². The SMILES string of the molecule is [2H]c1[c-]c2c(c([2H])c1[2H])c1c([2H])c([2H])c([2H])c([2H])c1n1c([2H])c([2H])nc21.[Ir]. The normalized spacial score (nSPS) is 17.9. The maximum Gasteiger partial charge on any atom is 0.0846 e. The van der Waals surface area contributed by atoms with E-state index in [-0.39, 0.29) is 65.7 Å². The van der Waals surface area contributed by atoms with Gasteiger partial charge in [0.15, 0.2) is 0 Å². The Bertz CT molecular complexity index is 1280. The van der Waals surface area contributed by atoms with Gasteiger partial charge in [0.05, 0.1) is 13.9 Å². The van der Waals surface area contributed by atoms with Gasteiger partial charge in [-0.15, -0.1) is 29.6 Å². The van der Waals surface area contributed by atoms with Crippen molar-refractivity contribution < 1.29 is 32.4 Å². The molecule has 0 saturated carbocycles. The average molecular weight is 419 g/mol. The third-order valence-corrected chi connectivity index (χ3v) is 2.59. The fourth-order valence-corrected chi connectivity index (χ4v) is 1.88. The Morgan fingerprint density at radius 3 is 2.89 bits per heavy atom. The number of nitrogens with zero attached hydrogens (tertiary/aromatic N) is 2. The second kappa shape index (κ2) is 4.20. The number of para-hydroxylation sites is 1. The first-order valence-corrected chi connectivity index (χ1v) is 4.87. The fraction of sp³-hybridized carbons (Fsp3) is 0. The monoisotopic (exact) mass is 419 g/mol. The molecule has 0 aliphatic heterocycles. The number of rotatable bonds is 0. The van der Waals surface area contributed by atoms with Gasteiger partial charge in [-0.25, -0.2) is 0 Å². The van der Waals surface area contributed by atoms with Crippen LogP contribution >= 0.6 is 0 Å². The van der Waals surface area contributed by atoms with Crippen molar-refractivity contribution in [3.8, 4) is 0 Å². The smallest absolute Gasteiger partial charge is 0.0846 e. The van der Waals surface area contributed by atoms with Gasteiger partial charge in [0, 0.05) is 40.7 Å². The third-order valence-electron chi connectivity index (χ3n) is 2.59. The van der Waals surface area contributed by atoms with E-state index in [0.29, 0.717) is 0 Å². The van der Waals surface area contributed by atoms with Crippen LogP contribution in [0.15, 0.2) is 54.6 Å². The van der Waals surface area contributed by atoms with Crippen molar-refractivity contribution in [2.45, 2.75) is 0 Å². The van der Waals surface area contributed by atoms with Crippen LogP contribution in [0.2, 0.25) is 0 Å². The Morgan fingerprint density at radius 1 is 1.11 bits per heavy atom. The quantitative estimate of drug-likeness (QED) is 0.316. The molecule has 0 N–H and O–H groups in total. The van der Waals surface area contributed by atoms with Crippen LogP contribution in [0.1, 0.15) is 12.3 Å². The number of aromatic nitrogens is 2. The first-order chi connectivity index (χ1) is 12.2. The summed E-state index contributed by atoms with van der Waals surface area (Å²) in [6, 6.07) is -0.456. The van der Waals surface area contributed by atoms with Crippen molar-refractivity contribution in [1.29, 1.82) is 0 Å². The van der Waals surface area contributed by atoms with Gasteiger partial charge in [-0.1, -0.05) is 23.5 Å². The maximum absolute atomic E-state index is 8.24. The summed E-state index contributed by atoms with van der Waals surface area (Å²) in [6.07, 6.45) is -0.786. The van der Waals surface area contributed by atoms with E-state index in [1.165, 1.54) is 0 Å². The van der Waals surface area contributed by atoms with Crippen LogP contribution in [0.25, 0.3) is 27.3 Å². The first-order valence-electron chi connectivity index (χ1n) is 9.37. The topological polar surface area (TPSA) is 17.3 Å². The van der Waals surface area contributed by atoms with E-state index in [9.17, 15) is 0 Å². The zero-order valence-corrected chi connectivity index (χ0v) is 11.1. The van der Waals surface area contributed by atoms with Gasteiger partial charge in [0.2, 0.25) is 0 Å². The summed E-state index contributed by atoms with van der Waals surface area (Å²) in [5, 5.41) is 0.0187. The molecule has 0 aliphatic rings. The molecule has 2 nitrogen and oxygen atoms in total. The summed E-state index contributed by atoms with van der Waals surface area (Å²) < 4.78 is 73.2. The van der Waals surface area contributed by atoms with E-state index in [4.69, 9.17) is 12.3 Å². The van der Waals surface area contributed by atoms with Crippen molar-refractivity contribution in [2.24, 2.45) is 0 Å². The molecule has 0 atom stereocenters. The number of pyridine rings is 1. The number of benzene rings is 2. The van der Waals surface area contributed by atoms with Gasteiger partial charge >= 0.3 is 0 Å². The maximum atomic E-state index is 8.24. The Morgan fingerprint density at radius 2 is 1.94 bits per heavy atom. The van der Waals surface area contributed by atoms with Crippen molar-refractivity contribution >= 4 is 27.3 Å². The molecule has 0 spiro atoms. The van der Waals surface area contributed by atoms with E-state index in [1.807, 2.05) is 0 Å². The zero-order valence-electron chi connectivity index (χ0n) is 17.7. The zero-order chi connectivity index (χ0) is 19.1. The molecular weight excluding hydrogens is 400 g/mol. The Labute approximate surface area is 130 Å². The van der Waals surface area contributed by atoms with Crippen molar-refractivity contribution in [2.75, 3.05) is 0 Å². The van der Waals surface area contributed by atoms with E-state index < -0.39 is 36.4 Å². The van der Waals surface area contributed by atoms with Crippen molar-refractivity contribution in [3.63, 3.8) is 0 Å². The molecule has 0 unspecified atom stereocenters. The number of fused-ring (bicyclic) bond motifs is 6. The second-order valence-corrected chi connectivity index (χ2v) is 3.47. The minimum Gasteiger partial charge on any atom is -0.340 e. The van der Waals surface area contributed by atoms with E-state index >= 15 is 0 Å². The molecule has 2 heterocycles. The standard InChI is InChI=1S/C15H9N2.Ir/c1-2-7-13-11(5-1)12-6-3-4-8-14(12)17-10-9-16-15(13)17;/h1-6,8-10H;/q-1;/i1D,2D,3D,4D,5D,6D,8D,9D,10D;. The Hall–Kier alpha value is -1.70. The molecule has 18 heavy (non-hydrogen) atoms. The van der Waals surface area contributed by atoms with E-state index in [0.717, 1.165) is 4.40 Å². The summed E-state index contributed by atoms with van der Waals surface area (Å²) in [7, 11) is 0.